The summed E-state index contributed by atoms with van der Waals surface area (Å²) in [5, 5.41) is 7.74. The highest BCUT2D eigenvalue weighted by atomic mass is 16.5. The van der Waals surface area contributed by atoms with Crippen molar-refractivity contribution in [3.63, 3.8) is 0 Å². The van der Waals surface area contributed by atoms with E-state index in [0.717, 1.165) is 6.54 Å². The lowest BCUT2D eigenvalue weighted by molar-refractivity contribution is -0.0947. The zero-order valence-electron chi connectivity index (χ0n) is 13.2. The molecule has 0 amide bonds. The highest BCUT2D eigenvalue weighted by Crippen LogP contribution is 2.25. The van der Waals surface area contributed by atoms with Gasteiger partial charge in [0.05, 0.1) is 12.6 Å². The van der Waals surface area contributed by atoms with Crippen LogP contribution in [0.4, 0.5) is 5.95 Å². The first-order valence-corrected chi connectivity index (χ1v) is 7.19. The van der Waals surface area contributed by atoms with Crippen molar-refractivity contribution in [1.82, 2.24) is 25.2 Å². The van der Waals surface area contributed by atoms with E-state index in [0.29, 0.717) is 36.6 Å². The first-order chi connectivity index (χ1) is 10.5. The minimum atomic E-state index is -0.235. The molecule has 9 heteroatoms. The summed E-state index contributed by atoms with van der Waals surface area (Å²) in [6.07, 6.45) is -0.177. The van der Waals surface area contributed by atoms with Crippen LogP contribution in [-0.2, 0) is 11.3 Å². The molecule has 2 aromatic rings. The summed E-state index contributed by atoms with van der Waals surface area (Å²) in [5.74, 6) is 2.27. The highest BCUT2D eigenvalue weighted by molar-refractivity contribution is 5.23. The Kier molecular flexibility index (Phi) is 4.08. The number of aryl methyl sites for hydroxylation is 1. The van der Waals surface area contributed by atoms with Gasteiger partial charge in [0, 0.05) is 27.2 Å². The zero-order chi connectivity index (χ0) is 15.7. The Hall–Kier alpha value is -2.00. The van der Waals surface area contributed by atoms with Crippen molar-refractivity contribution in [2.45, 2.75) is 32.6 Å². The van der Waals surface area contributed by atoms with Crippen molar-refractivity contribution in [3.05, 3.63) is 17.6 Å². The van der Waals surface area contributed by atoms with Crippen molar-refractivity contribution < 1.29 is 13.8 Å². The SMILES string of the molecule is Cc1noc([C@H]2CN(Cc3nc(N(C)C)no3)C[C@@H](C)O2)n1. The number of rotatable bonds is 4. The van der Waals surface area contributed by atoms with Gasteiger partial charge in [-0.1, -0.05) is 5.16 Å². The largest absolute Gasteiger partial charge is 0.363 e. The average molecular weight is 308 g/mol. The third-order valence-electron chi connectivity index (χ3n) is 3.37. The fourth-order valence-corrected chi connectivity index (χ4v) is 2.43. The number of aromatic nitrogens is 4. The van der Waals surface area contributed by atoms with E-state index in [2.05, 4.69) is 25.2 Å². The Morgan fingerprint density at radius 2 is 2.00 bits per heavy atom. The lowest BCUT2D eigenvalue weighted by Gasteiger charge is -2.34. The second kappa shape index (κ2) is 6.01. The normalized spacial score (nSPS) is 22.9. The average Bonchev–Trinajstić information content (AvgIpc) is 3.07. The van der Waals surface area contributed by atoms with Crippen LogP contribution in [0.25, 0.3) is 0 Å². The molecule has 2 aromatic heterocycles. The number of ether oxygens (including phenoxy) is 1. The fraction of sp³-hybridized carbons (Fsp3) is 0.692. The molecular weight excluding hydrogens is 288 g/mol. The molecule has 0 radical (unpaired) electrons. The molecule has 0 bridgehead atoms. The van der Waals surface area contributed by atoms with Crippen LogP contribution in [0.2, 0.25) is 0 Å². The van der Waals surface area contributed by atoms with Gasteiger partial charge in [-0.05, 0) is 19.0 Å². The molecule has 3 heterocycles. The Balaban J connectivity index is 1.67. The standard InChI is InChI=1S/C13H20N6O3/c1-8-5-19(7-11-15-13(17-21-11)18(3)4)6-10(20-8)12-14-9(2)16-22-12/h8,10H,5-7H2,1-4H3/t8-,10-/m1/s1. The molecule has 9 nitrogen and oxygen atoms in total. The van der Waals surface area contributed by atoms with E-state index in [1.54, 1.807) is 11.8 Å². The van der Waals surface area contributed by atoms with Gasteiger partial charge in [-0.3, -0.25) is 4.90 Å². The van der Waals surface area contributed by atoms with E-state index in [-0.39, 0.29) is 12.2 Å². The summed E-state index contributed by atoms with van der Waals surface area (Å²) < 4.78 is 16.4. The summed E-state index contributed by atoms with van der Waals surface area (Å²) in [6, 6.07) is 0. The maximum atomic E-state index is 5.88. The van der Waals surface area contributed by atoms with Gasteiger partial charge in [-0.15, -0.1) is 0 Å². The van der Waals surface area contributed by atoms with Gasteiger partial charge < -0.3 is 18.7 Å². The molecule has 2 atom stereocenters. The third kappa shape index (κ3) is 3.25. The van der Waals surface area contributed by atoms with Crippen molar-refractivity contribution in [2.75, 3.05) is 32.1 Å². The second-order valence-corrected chi connectivity index (χ2v) is 5.69. The van der Waals surface area contributed by atoms with Crippen molar-refractivity contribution in [1.29, 1.82) is 0 Å². The molecule has 3 rings (SSSR count). The molecule has 0 unspecified atom stereocenters. The van der Waals surface area contributed by atoms with Gasteiger partial charge in [-0.25, -0.2) is 0 Å². The maximum Gasteiger partial charge on any atom is 0.265 e. The number of hydrogen-bond acceptors (Lipinski definition) is 9. The van der Waals surface area contributed by atoms with E-state index < -0.39 is 0 Å². The number of nitrogens with zero attached hydrogens (tertiary/aromatic N) is 6. The lowest BCUT2D eigenvalue weighted by atomic mass is 10.2. The Labute approximate surface area is 128 Å². The van der Waals surface area contributed by atoms with E-state index in [1.165, 1.54) is 0 Å². The van der Waals surface area contributed by atoms with Crippen molar-refractivity contribution in [3.8, 4) is 0 Å². The monoisotopic (exact) mass is 308 g/mol. The van der Waals surface area contributed by atoms with Gasteiger partial charge in [0.25, 0.3) is 11.8 Å². The first-order valence-electron chi connectivity index (χ1n) is 7.19. The van der Waals surface area contributed by atoms with Crippen LogP contribution in [0, 0.1) is 6.92 Å². The molecule has 1 saturated heterocycles. The highest BCUT2D eigenvalue weighted by Gasteiger charge is 2.31. The second-order valence-electron chi connectivity index (χ2n) is 5.69. The van der Waals surface area contributed by atoms with Crippen LogP contribution >= 0.6 is 0 Å². The molecule has 1 aliphatic heterocycles. The molecule has 0 N–H and O–H groups in total. The van der Waals surface area contributed by atoms with Crippen LogP contribution in [0.15, 0.2) is 9.05 Å². The smallest absolute Gasteiger partial charge is 0.265 e. The first kappa shape index (κ1) is 14.9. The topological polar surface area (TPSA) is 93.6 Å². The fourth-order valence-electron chi connectivity index (χ4n) is 2.43. The number of hydrogen-bond donors (Lipinski definition) is 0. The van der Waals surface area contributed by atoms with E-state index in [9.17, 15) is 0 Å². The predicted molar refractivity (Wildman–Crippen MR) is 76.2 cm³/mol. The van der Waals surface area contributed by atoms with Gasteiger partial charge in [0.1, 0.15) is 6.10 Å². The third-order valence-corrected chi connectivity index (χ3v) is 3.37. The molecule has 0 saturated carbocycles. The van der Waals surface area contributed by atoms with Gasteiger partial charge in [0.2, 0.25) is 5.89 Å². The Morgan fingerprint density at radius 3 is 2.64 bits per heavy atom. The van der Waals surface area contributed by atoms with Crippen molar-refractivity contribution >= 4 is 5.95 Å². The number of anilines is 1. The van der Waals surface area contributed by atoms with Gasteiger partial charge >= 0.3 is 0 Å². The van der Waals surface area contributed by atoms with Crippen LogP contribution in [0.1, 0.15) is 30.6 Å². The Morgan fingerprint density at radius 1 is 1.18 bits per heavy atom. The van der Waals surface area contributed by atoms with E-state index in [4.69, 9.17) is 13.8 Å². The molecular formula is C13H20N6O3. The van der Waals surface area contributed by atoms with Crippen LogP contribution in [0.3, 0.4) is 0 Å². The lowest BCUT2D eigenvalue weighted by Crippen LogP contribution is -2.42. The van der Waals surface area contributed by atoms with Crippen molar-refractivity contribution in [2.24, 2.45) is 0 Å². The molecule has 0 aliphatic carbocycles. The van der Waals surface area contributed by atoms with Gasteiger partial charge in [0.15, 0.2) is 5.82 Å². The molecule has 120 valence electrons. The molecule has 0 aromatic carbocycles. The minimum Gasteiger partial charge on any atom is -0.363 e. The molecule has 1 aliphatic rings. The van der Waals surface area contributed by atoms with Crippen LogP contribution in [0.5, 0.6) is 0 Å². The van der Waals surface area contributed by atoms with E-state index >= 15 is 0 Å². The molecule has 22 heavy (non-hydrogen) atoms. The maximum absolute atomic E-state index is 5.88. The summed E-state index contributed by atoms with van der Waals surface area (Å²) in [4.78, 5) is 12.6. The number of morpholine rings is 1. The zero-order valence-corrected chi connectivity index (χ0v) is 13.2. The summed E-state index contributed by atoms with van der Waals surface area (Å²) in [6.45, 7) is 5.80. The quantitative estimate of drug-likeness (QED) is 0.812. The van der Waals surface area contributed by atoms with Crippen LogP contribution < -0.4 is 4.90 Å². The molecule has 1 fully saturated rings. The predicted octanol–water partition coefficient (Wildman–Crippen LogP) is 0.789. The summed E-state index contributed by atoms with van der Waals surface area (Å²) >= 11 is 0. The van der Waals surface area contributed by atoms with E-state index in [1.807, 2.05) is 21.0 Å². The van der Waals surface area contributed by atoms with Crippen LogP contribution in [-0.4, -0.2) is 58.5 Å². The van der Waals surface area contributed by atoms with Gasteiger partial charge in [-0.2, -0.15) is 9.97 Å². The summed E-state index contributed by atoms with van der Waals surface area (Å²) in [5.41, 5.74) is 0. The Bertz CT molecular complexity index is 625. The summed E-state index contributed by atoms with van der Waals surface area (Å²) in [7, 11) is 3.75. The molecule has 0 spiro atoms. The minimum absolute atomic E-state index is 0.0576.